The fourth-order valence-corrected chi connectivity index (χ4v) is 6.50. The maximum atomic E-state index is 16.7. The molecule has 0 spiro atoms. The summed E-state index contributed by atoms with van der Waals surface area (Å²) in [6.45, 7) is 5.49. The molecule has 4 aromatic rings. The number of anilines is 2. The van der Waals surface area contributed by atoms with E-state index in [0.717, 1.165) is 62.3 Å². The Morgan fingerprint density at radius 2 is 1.82 bits per heavy atom. The first-order chi connectivity index (χ1) is 18.4. The topological polar surface area (TPSA) is 59.0 Å². The Balaban J connectivity index is 1.44. The van der Waals surface area contributed by atoms with Gasteiger partial charge < -0.3 is 19.8 Å². The van der Waals surface area contributed by atoms with Crippen molar-refractivity contribution in [2.75, 3.05) is 63.2 Å². The van der Waals surface area contributed by atoms with E-state index < -0.39 is 5.82 Å². The minimum absolute atomic E-state index is 0.0627. The molecule has 4 heterocycles. The number of aromatic hydroxyl groups is 1. The highest BCUT2D eigenvalue weighted by atomic mass is 35.5. The molecule has 3 aliphatic rings. The van der Waals surface area contributed by atoms with Crippen LogP contribution in [0.5, 0.6) is 5.75 Å². The van der Waals surface area contributed by atoms with Crippen LogP contribution in [0.25, 0.3) is 32.8 Å². The lowest BCUT2D eigenvalue weighted by molar-refractivity contribution is 0.245. The summed E-state index contributed by atoms with van der Waals surface area (Å²) in [5.41, 5.74) is 1.07. The number of rotatable bonds is 4. The van der Waals surface area contributed by atoms with Crippen molar-refractivity contribution >= 4 is 45.0 Å². The summed E-state index contributed by atoms with van der Waals surface area (Å²) < 4.78 is 16.7. The summed E-state index contributed by atoms with van der Waals surface area (Å²) in [5, 5.41) is 13.0. The highest BCUT2D eigenvalue weighted by Crippen LogP contribution is 2.43. The summed E-state index contributed by atoms with van der Waals surface area (Å²) in [7, 11) is 4.14. The van der Waals surface area contributed by atoms with Gasteiger partial charge >= 0.3 is 0 Å². The van der Waals surface area contributed by atoms with Crippen LogP contribution in [0.15, 0.2) is 42.5 Å². The number of piperazine rings is 1. The molecular formula is C29H30ClFN6O. The Morgan fingerprint density at radius 3 is 2.63 bits per heavy atom. The second-order valence-corrected chi connectivity index (χ2v) is 11.4. The van der Waals surface area contributed by atoms with Crippen LogP contribution in [0.2, 0.25) is 5.02 Å². The van der Waals surface area contributed by atoms with Crippen LogP contribution in [0.4, 0.5) is 16.2 Å². The van der Waals surface area contributed by atoms with E-state index in [4.69, 9.17) is 21.6 Å². The van der Waals surface area contributed by atoms with Gasteiger partial charge in [0.15, 0.2) is 5.82 Å². The predicted molar refractivity (Wildman–Crippen MR) is 151 cm³/mol. The molecule has 2 bridgehead atoms. The Bertz CT molecular complexity index is 1570. The van der Waals surface area contributed by atoms with Crippen molar-refractivity contribution < 1.29 is 9.50 Å². The summed E-state index contributed by atoms with van der Waals surface area (Å²) >= 11 is 6.86. The van der Waals surface area contributed by atoms with E-state index in [2.05, 4.69) is 33.7 Å². The molecule has 1 N–H and O–H groups in total. The van der Waals surface area contributed by atoms with Crippen molar-refractivity contribution in [3.05, 3.63) is 53.3 Å². The number of hydrogen-bond acceptors (Lipinski definition) is 7. The van der Waals surface area contributed by atoms with Gasteiger partial charge in [0.05, 0.1) is 5.02 Å². The normalized spacial score (nSPS) is 21.6. The molecule has 38 heavy (non-hydrogen) atoms. The van der Waals surface area contributed by atoms with Crippen LogP contribution >= 0.6 is 11.6 Å². The second-order valence-electron chi connectivity index (χ2n) is 11.0. The van der Waals surface area contributed by atoms with Gasteiger partial charge in [0.25, 0.3) is 0 Å². The van der Waals surface area contributed by atoms with E-state index >= 15 is 4.39 Å². The van der Waals surface area contributed by atoms with E-state index in [0.29, 0.717) is 29.0 Å². The van der Waals surface area contributed by atoms with Gasteiger partial charge in [-0.2, -0.15) is 4.98 Å². The van der Waals surface area contributed by atoms with Crippen LogP contribution in [0.3, 0.4) is 0 Å². The van der Waals surface area contributed by atoms with Gasteiger partial charge in [-0.05, 0) is 55.1 Å². The highest BCUT2D eigenvalue weighted by molar-refractivity contribution is 6.35. The van der Waals surface area contributed by atoms with Crippen molar-refractivity contribution in [2.24, 2.45) is 0 Å². The molecule has 7 nitrogen and oxygen atoms in total. The third-order valence-corrected chi connectivity index (χ3v) is 8.76. The number of likely N-dealkylation sites (N-methyl/N-ethyl adjacent to an activating group) is 1. The number of hydrogen-bond donors (Lipinski definition) is 1. The van der Waals surface area contributed by atoms with Crippen molar-refractivity contribution in [3.63, 3.8) is 0 Å². The zero-order valence-corrected chi connectivity index (χ0v) is 22.3. The number of nitrogens with zero attached hydrogens (tertiary/aromatic N) is 6. The first kappa shape index (κ1) is 23.9. The molecule has 3 saturated heterocycles. The van der Waals surface area contributed by atoms with Gasteiger partial charge in [-0.25, -0.2) is 9.37 Å². The number of phenols is 1. The largest absolute Gasteiger partial charge is 0.508 e. The lowest BCUT2D eigenvalue weighted by Crippen LogP contribution is -2.58. The molecule has 3 aromatic carbocycles. The average molecular weight is 533 g/mol. The Labute approximate surface area is 226 Å². The predicted octanol–water partition coefficient (Wildman–Crippen LogP) is 4.59. The Kier molecular flexibility index (Phi) is 5.61. The molecule has 1 unspecified atom stereocenters. The van der Waals surface area contributed by atoms with Gasteiger partial charge in [-0.15, -0.1) is 0 Å². The molecule has 9 heteroatoms. The van der Waals surface area contributed by atoms with Crippen LogP contribution in [0, 0.1) is 5.82 Å². The van der Waals surface area contributed by atoms with E-state index in [-0.39, 0.29) is 21.9 Å². The first-order valence-corrected chi connectivity index (χ1v) is 13.6. The Morgan fingerprint density at radius 1 is 1.00 bits per heavy atom. The van der Waals surface area contributed by atoms with Crippen LogP contribution in [-0.4, -0.2) is 90.3 Å². The fraction of sp³-hybridized carbons (Fsp3) is 0.379. The zero-order chi connectivity index (χ0) is 26.1. The molecule has 1 aromatic heterocycles. The molecule has 7 rings (SSSR count). The smallest absolute Gasteiger partial charge is 0.228 e. The van der Waals surface area contributed by atoms with Crippen molar-refractivity contribution in [2.45, 2.75) is 18.5 Å². The SMILES string of the molecule is CN(C)C1CN(c2nc(N3CCN4CC[C@H]3C4)c3cc(Cl)c(-c4cc(O)cc5ccccc45)c(F)c3n2)C1. The molecule has 0 amide bonds. The van der Waals surface area contributed by atoms with E-state index in [1.807, 2.05) is 30.3 Å². The monoisotopic (exact) mass is 532 g/mol. The van der Waals surface area contributed by atoms with Crippen LogP contribution in [0.1, 0.15) is 6.42 Å². The minimum atomic E-state index is -0.483. The minimum Gasteiger partial charge on any atom is -0.508 e. The van der Waals surface area contributed by atoms with Crippen molar-refractivity contribution in [1.29, 1.82) is 0 Å². The number of fused-ring (bicyclic) bond motifs is 4. The van der Waals surface area contributed by atoms with E-state index in [9.17, 15) is 5.11 Å². The number of halogens is 2. The zero-order valence-electron chi connectivity index (χ0n) is 21.5. The average Bonchev–Trinajstić information content (AvgIpc) is 3.23. The maximum Gasteiger partial charge on any atom is 0.228 e. The molecule has 0 saturated carbocycles. The van der Waals surface area contributed by atoms with Gasteiger partial charge in [0.1, 0.15) is 17.1 Å². The number of phenolic OH excluding ortho intramolecular Hbond substituents is 1. The molecule has 196 valence electrons. The first-order valence-electron chi connectivity index (χ1n) is 13.2. The van der Waals surface area contributed by atoms with Crippen molar-refractivity contribution in [3.8, 4) is 16.9 Å². The summed E-state index contributed by atoms with van der Waals surface area (Å²) in [4.78, 5) is 19.0. The fourth-order valence-electron chi connectivity index (χ4n) is 6.20. The highest BCUT2D eigenvalue weighted by Gasteiger charge is 2.36. The molecule has 0 radical (unpaired) electrons. The Hall–Kier alpha value is -3.20. The third kappa shape index (κ3) is 3.77. The molecule has 3 aliphatic heterocycles. The molecular weight excluding hydrogens is 503 g/mol. The third-order valence-electron chi connectivity index (χ3n) is 8.46. The maximum absolute atomic E-state index is 16.7. The number of benzene rings is 3. The molecule has 0 aliphatic carbocycles. The summed E-state index contributed by atoms with van der Waals surface area (Å²) in [6.07, 6.45) is 1.07. The summed E-state index contributed by atoms with van der Waals surface area (Å²) in [5.74, 6) is 0.896. The molecule has 2 atom stereocenters. The quantitative estimate of drug-likeness (QED) is 0.412. The molecule has 3 fully saturated rings. The van der Waals surface area contributed by atoms with E-state index in [1.165, 1.54) is 0 Å². The van der Waals surface area contributed by atoms with Crippen LogP contribution in [-0.2, 0) is 0 Å². The lowest BCUT2D eigenvalue weighted by Gasteiger charge is -2.43. The lowest BCUT2D eigenvalue weighted by atomic mass is 9.96. The number of aromatic nitrogens is 2. The van der Waals surface area contributed by atoms with Gasteiger partial charge in [0.2, 0.25) is 5.95 Å². The summed E-state index contributed by atoms with van der Waals surface area (Å²) in [6, 6.07) is 13.4. The second kappa shape index (κ2) is 8.93. The van der Waals surface area contributed by atoms with Gasteiger partial charge in [0, 0.05) is 62.3 Å². The van der Waals surface area contributed by atoms with Gasteiger partial charge in [-0.3, -0.25) is 4.90 Å². The van der Waals surface area contributed by atoms with E-state index in [1.54, 1.807) is 12.1 Å². The van der Waals surface area contributed by atoms with Crippen LogP contribution < -0.4 is 9.80 Å². The van der Waals surface area contributed by atoms with Crippen molar-refractivity contribution in [1.82, 2.24) is 19.8 Å². The standard InChI is InChI=1S/C29H30ClFN6O/c1-34(2)19-15-36(16-19)29-32-27-23(28(33-29)37-10-9-35-8-7-18(37)14-35)13-24(30)25(26(27)31)22-12-20(38)11-17-5-3-4-6-21(17)22/h3-6,11-13,18-19,38H,7-10,14-16H2,1-2H3/t18-/m0/s1. The van der Waals surface area contributed by atoms with Gasteiger partial charge in [-0.1, -0.05) is 35.9 Å².